The van der Waals surface area contributed by atoms with Crippen molar-refractivity contribution in [2.24, 2.45) is 0 Å². The van der Waals surface area contributed by atoms with Crippen molar-refractivity contribution in [2.75, 3.05) is 20.5 Å². The Morgan fingerprint density at radius 2 is 1.82 bits per heavy atom. The molecular formula is C13H21NO2S. The van der Waals surface area contributed by atoms with E-state index >= 15 is 0 Å². The summed E-state index contributed by atoms with van der Waals surface area (Å²) >= 11 is 1.66. The van der Waals surface area contributed by atoms with Crippen LogP contribution >= 0.6 is 11.8 Å². The van der Waals surface area contributed by atoms with Gasteiger partial charge in [-0.2, -0.15) is 0 Å². The van der Waals surface area contributed by atoms with Crippen LogP contribution in [0.3, 0.4) is 0 Å². The van der Waals surface area contributed by atoms with E-state index in [-0.39, 0.29) is 0 Å². The number of hydrogen-bond donors (Lipinski definition) is 1. The lowest BCUT2D eigenvalue weighted by molar-refractivity contribution is 0.388. The SMILES string of the molecule is COc1cc(SC)c(OC)cc1CNC(C)C. The molecule has 0 fully saturated rings. The minimum Gasteiger partial charge on any atom is -0.496 e. The standard InChI is InChI=1S/C13H21NO2S/c1-9(2)14-8-10-6-12(16-4)13(17-5)7-11(10)15-3/h6-7,9,14H,8H2,1-5H3. The van der Waals surface area contributed by atoms with E-state index in [1.807, 2.05) is 18.4 Å². The maximum atomic E-state index is 5.41. The summed E-state index contributed by atoms with van der Waals surface area (Å²) in [5.41, 5.74) is 1.12. The summed E-state index contributed by atoms with van der Waals surface area (Å²) in [6.45, 7) is 5.03. The number of nitrogens with one attached hydrogen (secondary N) is 1. The normalized spacial score (nSPS) is 10.7. The van der Waals surface area contributed by atoms with Gasteiger partial charge in [-0.05, 0) is 18.4 Å². The average Bonchev–Trinajstić information content (AvgIpc) is 2.34. The second kappa shape index (κ2) is 6.77. The molecule has 0 radical (unpaired) electrons. The highest BCUT2D eigenvalue weighted by Gasteiger charge is 2.10. The van der Waals surface area contributed by atoms with E-state index in [9.17, 15) is 0 Å². The molecule has 1 aromatic carbocycles. The Kier molecular flexibility index (Phi) is 5.65. The van der Waals surface area contributed by atoms with Gasteiger partial charge in [0.1, 0.15) is 11.5 Å². The summed E-state index contributed by atoms with van der Waals surface area (Å²) in [6.07, 6.45) is 2.03. The summed E-state index contributed by atoms with van der Waals surface area (Å²) in [7, 11) is 3.39. The lowest BCUT2D eigenvalue weighted by Crippen LogP contribution is -2.22. The van der Waals surface area contributed by atoms with Gasteiger partial charge in [0.15, 0.2) is 0 Å². The van der Waals surface area contributed by atoms with Crippen LogP contribution in [0.1, 0.15) is 19.4 Å². The molecular weight excluding hydrogens is 234 g/mol. The molecule has 0 unspecified atom stereocenters. The molecule has 0 bridgehead atoms. The van der Waals surface area contributed by atoms with Gasteiger partial charge in [0.2, 0.25) is 0 Å². The minimum absolute atomic E-state index is 0.450. The topological polar surface area (TPSA) is 30.5 Å². The molecule has 17 heavy (non-hydrogen) atoms. The summed E-state index contributed by atoms with van der Waals surface area (Å²) in [6, 6.07) is 4.52. The Hall–Kier alpha value is -0.870. The van der Waals surface area contributed by atoms with E-state index < -0.39 is 0 Å². The quantitative estimate of drug-likeness (QED) is 0.792. The second-order valence-electron chi connectivity index (χ2n) is 4.05. The number of rotatable bonds is 6. The average molecular weight is 255 g/mol. The van der Waals surface area contributed by atoms with Crippen LogP contribution in [-0.2, 0) is 6.54 Å². The molecule has 4 heteroatoms. The highest BCUT2D eigenvalue weighted by Crippen LogP contribution is 2.34. The number of thioether (sulfide) groups is 1. The van der Waals surface area contributed by atoms with Crippen molar-refractivity contribution < 1.29 is 9.47 Å². The summed E-state index contributed by atoms with van der Waals surface area (Å²) in [5, 5.41) is 3.38. The zero-order chi connectivity index (χ0) is 12.8. The first-order valence-corrected chi connectivity index (χ1v) is 6.87. The lowest BCUT2D eigenvalue weighted by atomic mass is 10.1. The number of benzene rings is 1. The van der Waals surface area contributed by atoms with Crippen molar-refractivity contribution in [1.29, 1.82) is 0 Å². The third-order valence-electron chi connectivity index (χ3n) is 2.49. The Morgan fingerprint density at radius 3 is 2.29 bits per heavy atom. The van der Waals surface area contributed by atoms with Crippen LogP contribution in [0, 0.1) is 0 Å². The van der Waals surface area contributed by atoms with Crippen molar-refractivity contribution in [1.82, 2.24) is 5.32 Å². The van der Waals surface area contributed by atoms with Gasteiger partial charge in [0.05, 0.1) is 19.1 Å². The summed E-state index contributed by atoms with van der Waals surface area (Å²) < 4.78 is 10.8. The Bertz CT molecular complexity index is 367. The predicted molar refractivity (Wildman–Crippen MR) is 73.3 cm³/mol. The molecule has 96 valence electrons. The number of methoxy groups -OCH3 is 2. The Labute approximate surface area is 108 Å². The molecule has 0 aliphatic rings. The first-order valence-electron chi connectivity index (χ1n) is 5.64. The van der Waals surface area contributed by atoms with E-state index in [0.29, 0.717) is 6.04 Å². The third-order valence-corrected chi connectivity index (χ3v) is 3.25. The zero-order valence-electron chi connectivity index (χ0n) is 11.2. The van der Waals surface area contributed by atoms with Gasteiger partial charge < -0.3 is 14.8 Å². The van der Waals surface area contributed by atoms with Gasteiger partial charge in [0.25, 0.3) is 0 Å². The highest BCUT2D eigenvalue weighted by atomic mass is 32.2. The van der Waals surface area contributed by atoms with Crippen molar-refractivity contribution in [3.63, 3.8) is 0 Å². The molecule has 0 amide bonds. The van der Waals surface area contributed by atoms with Crippen molar-refractivity contribution in [2.45, 2.75) is 31.3 Å². The fourth-order valence-corrected chi connectivity index (χ4v) is 2.11. The van der Waals surface area contributed by atoms with Crippen molar-refractivity contribution in [3.8, 4) is 11.5 Å². The molecule has 0 saturated carbocycles. The number of hydrogen-bond acceptors (Lipinski definition) is 4. The molecule has 0 atom stereocenters. The smallest absolute Gasteiger partial charge is 0.132 e. The zero-order valence-corrected chi connectivity index (χ0v) is 12.0. The van der Waals surface area contributed by atoms with Crippen LogP contribution in [0.15, 0.2) is 17.0 Å². The van der Waals surface area contributed by atoms with E-state index in [4.69, 9.17) is 9.47 Å². The molecule has 0 saturated heterocycles. The molecule has 0 spiro atoms. The molecule has 1 aromatic rings. The van der Waals surface area contributed by atoms with Crippen LogP contribution in [0.25, 0.3) is 0 Å². The Balaban J connectivity index is 3.01. The third kappa shape index (κ3) is 3.82. The maximum absolute atomic E-state index is 5.41. The van der Waals surface area contributed by atoms with E-state index in [1.165, 1.54) is 0 Å². The molecule has 0 aromatic heterocycles. The lowest BCUT2D eigenvalue weighted by Gasteiger charge is -2.15. The van der Waals surface area contributed by atoms with Crippen LogP contribution in [0.2, 0.25) is 0 Å². The molecule has 3 nitrogen and oxygen atoms in total. The van der Waals surface area contributed by atoms with Gasteiger partial charge >= 0.3 is 0 Å². The summed E-state index contributed by atoms with van der Waals surface area (Å²) in [5.74, 6) is 1.81. The van der Waals surface area contributed by atoms with Gasteiger partial charge in [-0.25, -0.2) is 0 Å². The van der Waals surface area contributed by atoms with Gasteiger partial charge in [0, 0.05) is 18.2 Å². The largest absolute Gasteiger partial charge is 0.496 e. The van der Waals surface area contributed by atoms with Crippen LogP contribution in [-0.4, -0.2) is 26.5 Å². The van der Waals surface area contributed by atoms with Gasteiger partial charge in [-0.1, -0.05) is 13.8 Å². The first-order chi connectivity index (χ1) is 8.12. The number of ether oxygens (including phenoxy) is 2. The van der Waals surface area contributed by atoms with Crippen molar-refractivity contribution in [3.05, 3.63) is 17.7 Å². The fraction of sp³-hybridized carbons (Fsp3) is 0.538. The van der Waals surface area contributed by atoms with E-state index in [2.05, 4.69) is 19.2 Å². The van der Waals surface area contributed by atoms with Crippen LogP contribution < -0.4 is 14.8 Å². The molecule has 1 rings (SSSR count). The van der Waals surface area contributed by atoms with Crippen molar-refractivity contribution >= 4 is 11.8 Å². The maximum Gasteiger partial charge on any atom is 0.132 e. The monoisotopic (exact) mass is 255 g/mol. The van der Waals surface area contributed by atoms with E-state index in [1.54, 1.807) is 26.0 Å². The fourth-order valence-electron chi connectivity index (χ4n) is 1.54. The van der Waals surface area contributed by atoms with E-state index in [0.717, 1.165) is 28.5 Å². The van der Waals surface area contributed by atoms with Crippen LogP contribution in [0.5, 0.6) is 11.5 Å². The molecule has 0 aliphatic carbocycles. The van der Waals surface area contributed by atoms with Gasteiger partial charge in [-0.3, -0.25) is 0 Å². The second-order valence-corrected chi connectivity index (χ2v) is 4.90. The van der Waals surface area contributed by atoms with Gasteiger partial charge in [-0.15, -0.1) is 11.8 Å². The predicted octanol–water partition coefficient (Wildman–Crippen LogP) is 2.92. The first kappa shape index (κ1) is 14.2. The summed E-state index contributed by atoms with van der Waals surface area (Å²) in [4.78, 5) is 1.10. The molecule has 1 N–H and O–H groups in total. The molecule has 0 heterocycles. The van der Waals surface area contributed by atoms with Crippen LogP contribution in [0.4, 0.5) is 0 Å². The Morgan fingerprint density at radius 1 is 1.18 bits per heavy atom. The highest BCUT2D eigenvalue weighted by molar-refractivity contribution is 7.98. The molecule has 0 aliphatic heterocycles. The minimum atomic E-state index is 0.450.